The summed E-state index contributed by atoms with van der Waals surface area (Å²) in [6, 6.07) is 2.44. The Balaban J connectivity index is 2.67. The number of fused-ring (bicyclic) bond motifs is 1. The van der Waals surface area contributed by atoms with Gasteiger partial charge in [-0.2, -0.15) is 8.42 Å². The van der Waals surface area contributed by atoms with Crippen LogP contribution in [0.25, 0.3) is 0 Å². The fourth-order valence-corrected chi connectivity index (χ4v) is 2.59. The van der Waals surface area contributed by atoms with Gasteiger partial charge in [0.05, 0.1) is 7.11 Å². The number of ether oxygens (including phenoxy) is 1. The Labute approximate surface area is 104 Å². The van der Waals surface area contributed by atoms with Gasteiger partial charge in [-0.15, -0.1) is 3.89 Å². The second-order valence-electron chi connectivity index (χ2n) is 3.96. The first-order chi connectivity index (χ1) is 8.43. The molecule has 0 bridgehead atoms. The van der Waals surface area contributed by atoms with Gasteiger partial charge in [-0.3, -0.25) is 4.79 Å². The molecule has 0 aromatic heterocycles. The van der Waals surface area contributed by atoms with Gasteiger partial charge < -0.3 is 10.1 Å². The molecule has 1 aromatic carbocycles. The Morgan fingerprint density at radius 3 is 2.72 bits per heavy atom. The number of benzene rings is 1. The molecule has 0 unspecified atom stereocenters. The number of nitrogens with one attached hydrogen (secondary N) is 1. The van der Waals surface area contributed by atoms with Crippen LogP contribution in [-0.4, -0.2) is 28.0 Å². The average molecular weight is 273 g/mol. The highest BCUT2D eigenvalue weighted by Gasteiger charge is 2.24. The van der Waals surface area contributed by atoms with Crippen molar-refractivity contribution in [2.45, 2.75) is 17.7 Å². The van der Waals surface area contributed by atoms with Crippen molar-refractivity contribution in [3.8, 4) is 5.75 Å². The molecule has 5 nitrogen and oxygen atoms in total. The zero-order valence-corrected chi connectivity index (χ0v) is 10.5. The van der Waals surface area contributed by atoms with Crippen molar-refractivity contribution in [1.82, 2.24) is 5.32 Å². The smallest absolute Gasteiger partial charge is 0.335 e. The summed E-state index contributed by atoms with van der Waals surface area (Å²) >= 11 is 0. The van der Waals surface area contributed by atoms with E-state index in [9.17, 15) is 17.1 Å². The van der Waals surface area contributed by atoms with Gasteiger partial charge in [-0.1, -0.05) is 0 Å². The van der Waals surface area contributed by atoms with Gasteiger partial charge in [0, 0.05) is 12.1 Å². The molecule has 2 rings (SSSR count). The third kappa shape index (κ3) is 2.31. The standard InChI is InChI=1S/C11H12FNO4S/c1-17-9-5-7-3-2-4-13-11(14)8(7)6-10(9)18(12,15)16/h5-6H,2-4H2,1H3,(H,13,14). The van der Waals surface area contributed by atoms with E-state index in [0.29, 0.717) is 18.5 Å². The number of rotatable bonds is 2. The number of carbonyl (C=O) groups is 1. The number of methoxy groups -OCH3 is 1. The van der Waals surface area contributed by atoms with Gasteiger partial charge in [0.15, 0.2) is 0 Å². The summed E-state index contributed by atoms with van der Waals surface area (Å²) in [7, 11) is -3.66. The van der Waals surface area contributed by atoms with Crippen LogP contribution < -0.4 is 10.1 Å². The van der Waals surface area contributed by atoms with Gasteiger partial charge in [-0.05, 0) is 30.5 Å². The zero-order chi connectivity index (χ0) is 13.3. The van der Waals surface area contributed by atoms with E-state index in [1.54, 1.807) is 0 Å². The lowest BCUT2D eigenvalue weighted by molar-refractivity contribution is 0.0956. The maximum absolute atomic E-state index is 13.1. The number of carbonyl (C=O) groups excluding carboxylic acids is 1. The van der Waals surface area contributed by atoms with E-state index < -0.39 is 21.0 Å². The predicted octanol–water partition coefficient (Wildman–Crippen LogP) is 1.03. The first kappa shape index (κ1) is 12.8. The molecule has 1 heterocycles. The average Bonchev–Trinajstić information content (AvgIpc) is 2.48. The molecule has 0 spiro atoms. The maximum atomic E-state index is 13.1. The van der Waals surface area contributed by atoms with Crippen LogP contribution in [0.2, 0.25) is 0 Å². The summed E-state index contributed by atoms with van der Waals surface area (Å²) < 4.78 is 40.0. The Morgan fingerprint density at radius 1 is 1.39 bits per heavy atom. The van der Waals surface area contributed by atoms with Crippen molar-refractivity contribution in [2.75, 3.05) is 13.7 Å². The molecule has 18 heavy (non-hydrogen) atoms. The van der Waals surface area contributed by atoms with Crippen LogP contribution in [0.1, 0.15) is 22.3 Å². The Hall–Kier alpha value is -1.63. The molecule has 0 saturated heterocycles. The molecule has 1 aliphatic heterocycles. The first-order valence-electron chi connectivity index (χ1n) is 5.37. The van der Waals surface area contributed by atoms with Crippen molar-refractivity contribution in [3.63, 3.8) is 0 Å². The second kappa shape index (κ2) is 4.56. The second-order valence-corrected chi connectivity index (χ2v) is 5.27. The van der Waals surface area contributed by atoms with Crippen molar-refractivity contribution in [3.05, 3.63) is 23.3 Å². The van der Waals surface area contributed by atoms with Crippen molar-refractivity contribution >= 4 is 16.1 Å². The number of hydrogen-bond donors (Lipinski definition) is 1. The Morgan fingerprint density at radius 2 is 2.11 bits per heavy atom. The van der Waals surface area contributed by atoms with Gasteiger partial charge in [0.25, 0.3) is 5.91 Å². The predicted molar refractivity (Wildman–Crippen MR) is 61.9 cm³/mol. The summed E-state index contributed by atoms with van der Waals surface area (Å²) in [6.45, 7) is 0.507. The Kier molecular flexibility index (Phi) is 3.25. The highest BCUT2D eigenvalue weighted by molar-refractivity contribution is 7.86. The molecule has 0 fully saturated rings. The molecule has 0 saturated carbocycles. The molecule has 7 heteroatoms. The van der Waals surface area contributed by atoms with Crippen LogP contribution in [0.5, 0.6) is 5.75 Å². The van der Waals surface area contributed by atoms with Gasteiger partial charge in [0.1, 0.15) is 10.6 Å². The minimum atomic E-state index is -4.92. The highest BCUT2D eigenvalue weighted by atomic mass is 32.3. The summed E-state index contributed by atoms with van der Waals surface area (Å²) in [4.78, 5) is 11.1. The molecule has 1 amide bonds. The quantitative estimate of drug-likeness (QED) is 0.817. The summed E-state index contributed by atoms with van der Waals surface area (Å²) in [5.74, 6) is -0.471. The van der Waals surface area contributed by atoms with Crippen LogP contribution in [0.15, 0.2) is 17.0 Å². The SMILES string of the molecule is COc1cc2c(cc1S(=O)(=O)F)C(=O)NCCC2. The Bertz CT molecular complexity index is 597. The minimum Gasteiger partial charge on any atom is -0.495 e. The molecule has 98 valence electrons. The summed E-state index contributed by atoms with van der Waals surface area (Å²) in [6.07, 6.45) is 1.35. The monoisotopic (exact) mass is 273 g/mol. The van der Waals surface area contributed by atoms with Crippen LogP contribution in [0.4, 0.5) is 3.89 Å². The van der Waals surface area contributed by atoms with Crippen LogP contribution in [0, 0.1) is 0 Å². The van der Waals surface area contributed by atoms with Crippen LogP contribution in [0.3, 0.4) is 0 Å². The van der Waals surface area contributed by atoms with Gasteiger partial charge in [0.2, 0.25) is 0 Å². The summed E-state index contributed by atoms with van der Waals surface area (Å²) in [5, 5.41) is 2.62. The third-order valence-electron chi connectivity index (χ3n) is 2.81. The minimum absolute atomic E-state index is 0.0778. The fraction of sp³-hybridized carbons (Fsp3) is 0.364. The number of amides is 1. The number of hydrogen-bond acceptors (Lipinski definition) is 4. The van der Waals surface area contributed by atoms with E-state index in [1.165, 1.54) is 13.2 Å². The van der Waals surface area contributed by atoms with Crippen molar-refractivity contribution in [1.29, 1.82) is 0 Å². The maximum Gasteiger partial charge on any atom is 0.335 e. The van der Waals surface area contributed by atoms with E-state index in [4.69, 9.17) is 4.74 Å². The number of halogens is 1. The van der Waals surface area contributed by atoms with E-state index >= 15 is 0 Å². The van der Waals surface area contributed by atoms with Crippen molar-refractivity contribution < 1.29 is 21.8 Å². The lowest BCUT2D eigenvalue weighted by Gasteiger charge is -2.10. The van der Waals surface area contributed by atoms with Gasteiger partial charge in [-0.25, -0.2) is 0 Å². The van der Waals surface area contributed by atoms with E-state index in [-0.39, 0.29) is 11.3 Å². The molecule has 0 aliphatic carbocycles. The zero-order valence-electron chi connectivity index (χ0n) is 9.70. The van der Waals surface area contributed by atoms with E-state index in [2.05, 4.69) is 5.32 Å². The normalized spacial score (nSPS) is 15.6. The fourth-order valence-electron chi connectivity index (χ4n) is 1.95. The van der Waals surface area contributed by atoms with E-state index in [0.717, 1.165) is 12.5 Å². The third-order valence-corrected chi connectivity index (χ3v) is 3.65. The topological polar surface area (TPSA) is 72.5 Å². The largest absolute Gasteiger partial charge is 0.495 e. The van der Waals surface area contributed by atoms with Crippen LogP contribution >= 0.6 is 0 Å². The van der Waals surface area contributed by atoms with Gasteiger partial charge >= 0.3 is 10.2 Å². The van der Waals surface area contributed by atoms with Crippen molar-refractivity contribution in [2.24, 2.45) is 0 Å². The lowest BCUT2D eigenvalue weighted by atomic mass is 10.0. The first-order valence-corrected chi connectivity index (χ1v) is 6.75. The highest BCUT2D eigenvalue weighted by Crippen LogP contribution is 2.30. The molecule has 0 atom stereocenters. The molecule has 1 aliphatic rings. The lowest BCUT2D eigenvalue weighted by Crippen LogP contribution is -2.22. The molecule has 1 N–H and O–H groups in total. The summed E-state index contributed by atoms with van der Waals surface area (Å²) in [5.41, 5.74) is 0.846. The molecular weight excluding hydrogens is 261 g/mol. The van der Waals surface area contributed by atoms with E-state index in [1.807, 2.05) is 0 Å². The number of aryl methyl sites for hydroxylation is 1. The molecular formula is C11H12FNO4S. The van der Waals surface area contributed by atoms with Crippen LogP contribution in [-0.2, 0) is 16.6 Å². The molecule has 0 radical (unpaired) electrons. The molecule has 1 aromatic rings.